The summed E-state index contributed by atoms with van der Waals surface area (Å²) < 4.78 is 9.64. The van der Waals surface area contributed by atoms with Crippen molar-refractivity contribution in [1.82, 2.24) is 4.90 Å². The van der Waals surface area contributed by atoms with Crippen LogP contribution in [0, 0.1) is 0 Å². The van der Waals surface area contributed by atoms with E-state index < -0.39 is 0 Å². The van der Waals surface area contributed by atoms with Crippen LogP contribution in [0.15, 0.2) is 0 Å². The van der Waals surface area contributed by atoms with E-state index in [4.69, 9.17) is 4.74 Å². The predicted octanol–water partition coefficient (Wildman–Crippen LogP) is 0.895. The van der Waals surface area contributed by atoms with Gasteiger partial charge < -0.3 is 14.4 Å². The second kappa shape index (κ2) is 5.22. The molecule has 0 aromatic heterocycles. The molecule has 0 aliphatic carbocycles. The van der Waals surface area contributed by atoms with E-state index in [1.54, 1.807) is 12.0 Å². The third-order valence-corrected chi connectivity index (χ3v) is 1.91. The van der Waals surface area contributed by atoms with Crippen molar-refractivity contribution in [3.63, 3.8) is 0 Å². The lowest BCUT2D eigenvalue weighted by Gasteiger charge is -2.13. The number of rotatable bonds is 1. The van der Waals surface area contributed by atoms with Crippen LogP contribution in [0.25, 0.3) is 0 Å². The Kier molecular flexibility index (Phi) is 5.01. The zero-order valence-corrected chi connectivity index (χ0v) is 8.10. The highest BCUT2D eigenvalue weighted by Gasteiger charge is 2.26. The molecule has 1 atom stereocenters. The molecule has 72 valence electrons. The summed E-state index contributed by atoms with van der Waals surface area (Å²) in [5, 5.41) is 0. The van der Waals surface area contributed by atoms with Gasteiger partial charge in [-0.25, -0.2) is 4.79 Å². The van der Waals surface area contributed by atoms with E-state index in [1.165, 1.54) is 7.11 Å². The van der Waals surface area contributed by atoms with Crippen molar-refractivity contribution < 1.29 is 14.3 Å². The minimum atomic E-state index is -0.260. The normalized spacial score (nSPS) is 21.8. The Morgan fingerprint density at radius 3 is 2.58 bits per heavy atom. The average Bonchev–Trinajstić information content (AvgIpc) is 2.50. The summed E-state index contributed by atoms with van der Waals surface area (Å²) in [6, 6.07) is 0. The fraction of sp³-hybridized carbons (Fsp3) is 0.857. The first-order valence-electron chi connectivity index (χ1n) is 3.63. The van der Waals surface area contributed by atoms with Gasteiger partial charge in [-0.15, -0.1) is 12.4 Å². The Bertz CT molecular complexity index is 154. The molecule has 0 spiro atoms. The molecule has 1 amide bonds. The molecule has 1 aliphatic rings. The molecule has 1 fully saturated rings. The van der Waals surface area contributed by atoms with Crippen molar-refractivity contribution in [3.05, 3.63) is 0 Å². The monoisotopic (exact) mass is 195 g/mol. The Balaban J connectivity index is 0.00000121. The summed E-state index contributed by atoms with van der Waals surface area (Å²) in [5.41, 5.74) is 0. The number of hydrogen-bond donors (Lipinski definition) is 0. The summed E-state index contributed by atoms with van der Waals surface area (Å²) in [7, 11) is 3.05. The van der Waals surface area contributed by atoms with E-state index in [9.17, 15) is 4.79 Å². The zero-order valence-electron chi connectivity index (χ0n) is 7.28. The quantitative estimate of drug-likeness (QED) is 0.624. The van der Waals surface area contributed by atoms with E-state index in [0.717, 1.165) is 13.0 Å². The number of likely N-dealkylation sites (tertiary alicyclic amines) is 1. The lowest BCUT2D eigenvalue weighted by Crippen LogP contribution is -2.29. The van der Waals surface area contributed by atoms with Crippen LogP contribution in [0.1, 0.15) is 6.42 Å². The Hall–Kier alpha value is -0.480. The van der Waals surface area contributed by atoms with E-state index in [0.29, 0.717) is 6.54 Å². The van der Waals surface area contributed by atoms with Gasteiger partial charge in [0.1, 0.15) is 0 Å². The lowest BCUT2D eigenvalue weighted by molar-refractivity contribution is 0.0974. The van der Waals surface area contributed by atoms with Crippen molar-refractivity contribution in [1.29, 1.82) is 0 Å². The summed E-state index contributed by atoms with van der Waals surface area (Å²) in [4.78, 5) is 12.6. The second-order valence-electron chi connectivity index (χ2n) is 2.56. The number of carbonyl (C=O) groups is 1. The van der Waals surface area contributed by atoms with E-state index in [-0.39, 0.29) is 24.6 Å². The van der Waals surface area contributed by atoms with Crippen molar-refractivity contribution in [2.24, 2.45) is 0 Å². The van der Waals surface area contributed by atoms with Gasteiger partial charge in [-0.1, -0.05) is 0 Å². The second-order valence-corrected chi connectivity index (χ2v) is 2.56. The van der Waals surface area contributed by atoms with Gasteiger partial charge in [-0.3, -0.25) is 0 Å². The Labute approximate surface area is 78.2 Å². The fourth-order valence-corrected chi connectivity index (χ4v) is 1.22. The number of ether oxygens (including phenoxy) is 2. The van der Waals surface area contributed by atoms with Crippen LogP contribution in [-0.4, -0.2) is 44.4 Å². The summed E-state index contributed by atoms with van der Waals surface area (Å²) in [6.45, 7) is 1.40. The maximum Gasteiger partial charge on any atom is 0.409 e. The number of amides is 1. The SMILES string of the molecule is COC(=O)N1CC[C@H](OC)C1.Cl. The molecule has 0 bridgehead atoms. The standard InChI is InChI=1S/C7H13NO3.ClH/c1-10-6-3-4-8(5-6)7(9)11-2;/h6H,3-5H2,1-2H3;1H/t6-;/m0./s1. The van der Waals surface area contributed by atoms with Gasteiger partial charge in [0.05, 0.1) is 19.8 Å². The summed E-state index contributed by atoms with van der Waals surface area (Å²) in [5.74, 6) is 0. The molecule has 0 aromatic rings. The van der Waals surface area contributed by atoms with Crippen LogP contribution >= 0.6 is 12.4 Å². The van der Waals surface area contributed by atoms with Crippen LogP contribution in [0.4, 0.5) is 4.79 Å². The average molecular weight is 196 g/mol. The van der Waals surface area contributed by atoms with E-state index in [1.807, 2.05) is 0 Å². The lowest BCUT2D eigenvalue weighted by atomic mass is 10.3. The minimum absolute atomic E-state index is 0. The maximum atomic E-state index is 10.9. The minimum Gasteiger partial charge on any atom is -0.453 e. The van der Waals surface area contributed by atoms with Crippen LogP contribution < -0.4 is 0 Å². The van der Waals surface area contributed by atoms with Gasteiger partial charge >= 0.3 is 6.09 Å². The van der Waals surface area contributed by atoms with Gasteiger partial charge in [0.25, 0.3) is 0 Å². The van der Waals surface area contributed by atoms with Crippen LogP contribution in [-0.2, 0) is 9.47 Å². The van der Waals surface area contributed by atoms with Gasteiger partial charge in [0.15, 0.2) is 0 Å². The van der Waals surface area contributed by atoms with Gasteiger partial charge in [-0.2, -0.15) is 0 Å². The Morgan fingerprint density at radius 2 is 2.17 bits per heavy atom. The number of carbonyl (C=O) groups excluding carboxylic acids is 1. The molecule has 5 heteroatoms. The molecule has 12 heavy (non-hydrogen) atoms. The first-order valence-corrected chi connectivity index (χ1v) is 3.63. The van der Waals surface area contributed by atoms with Crippen LogP contribution in [0.2, 0.25) is 0 Å². The molecule has 0 unspecified atom stereocenters. The first-order chi connectivity index (χ1) is 5.27. The molecule has 1 heterocycles. The van der Waals surface area contributed by atoms with Crippen molar-refractivity contribution in [3.8, 4) is 0 Å². The van der Waals surface area contributed by atoms with E-state index in [2.05, 4.69) is 4.74 Å². The molecule has 0 radical (unpaired) electrons. The molecule has 1 aliphatic heterocycles. The molecule has 1 rings (SSSR count). The van der Waals surface area contributed by atoms with Gasteiger partial charge in [-0.05, 0) is 6.42 Å². The molecule has 0 aromatic carbocycles. The number of hydrogen-bond acceptors (Lipinski definition) is 3. The van der Waals surface area contributed by atoms with Crippen molar-refractivity contribution in [2.75, 3.05) is 27.3 Å². The van der Waals surface area contributed by atoms with E-state index >= 15 is 0 Å². The Morgan fingerprint density at radius 1 is 1.50 bits per heavy atom. The number of methoxy groups -OCH3 is 2. The highest BCUT2D eigenvalue weighted by atomic mass is 35.5. The third-order valence-electron chi connectivity index (χ3n) is 1.91. The molecule has 4 nitrogen and oxygen atoms in total. The summed E-state index contributed by atoms with van der Waals surface area (Å²) in [6.07, 6.45) is 0.838. The highest BCUT2D eigenvalue weighted by molar-refractivity contribution is 5.85. The number of halogens is 1. The smallest absolute Gasteiger partial charge is 0.409 e. The van der Waals surface area contributed by atoms with Crippen molar-refractivity contribution in [2.45, 2.75) is 12.5 Å². The largest absolute Gasteiger partial charge is 0.453 e. The zero-order chi connectivity index (χ0) is 8.27. The van der Waals surface area contributed by atoms with Crippen LogP contribution in [0.3, 0.4) is 0 Å². The molecular weight excluding hydrogens is 182 g/mol. The predicted molar refractivity (Wildman–Crippen MR) is 46.6 cm³/mol. The third kappa shape index (κ3) is 2.53. The maximum absolute atomic E-state index is 10.9. The van der Waals surface area contributed by atoms with Gasteiger partial charge in [0, 0.05) is 13.7 Å². The molecule has 1 saturated heterocycles. The topological polar surface area (TPSA) is 38.8 Å². The number of nitrogens with zero attached hydrogens (tertiary/aromatic N) is 1. The highest BCUT2D eigenvalue weighted by Crippen LogP contribution is 2.11. The van der Waals surface area contributed by atoms with Crippen LogP contribution in [0.5, 0.6) is 0 Å². The van der Waals surface area contributed by atoms with Crippen molar-refractivity contribution >= 4 is 18.5 Å². The molecular formula is C7H14ClNO3. The molecule has 0 N–H and O–H groups in total. The fourth-order valence-electron chi connectivity index (χ4n) is 1.22. The summed E-state index contributed by atoms with van der Waals surface area (Å²) >= 11 is 0. The molecule has 0 saturated carbocycles. The first kappa shape index (κ1) is 11.5. The van der Waals surface area contributed by atoms with Gasteiger partial charge in [0.2, 0.25) is 0 Å².